The molecule has 1 aliphatic carbocycles. The summed E-state index contributed by atoms with van der Waals surface area (Å²) in [7, 11) is 0. The van der Waals surface area contributed by atoms with E-state index in [0.717, 1.165) is 32.0 Å². The number of hydrogen-bond acceptors (Lipinski definition) is 2. The summed E-state index contributed by atoms with van der Waals surface area (Å²) >= 11 is 0. The Morgan fingerprint density at radius 1 is 1.00 bits per heavy atom. The SMILES string of the molecule is O=C(CN1CCCC2CCCCC21)N1CCc2ccccc2C1. The quantitative estimate of drug-likeness (QED) is 0.837. The Hall–Kier alpha value is -1.35. The maximum absolute atomic E-state index is 12.8. The molecule has 124 valence electrons. The smallest absolute Gasteiger partial charge is 0.237 e. The summed E-state index contributed by atoms with van der Waals surface area (Å²) in [6.45, 7) is 3.45. The van der Waals surface area contributed by atoms with Crippen molar-refractivity contribution in [2.24, 2.45) is 5.92 Å². The predicted octanol–water partition coefficient (Wildman–Crippen LogP) is 3.23. The third-order valence-electron chi connectivity index (χ3n) is 6.18. The lowest BCUT2D eigenvalue weighted by Crippen LogP contribution is -2.51. The molecule has 1 saturated carbocycles. The highest BCUT2D eigenvalue weighted by atomic mass is 16.2. The largest absolute Gasteiger partial charge is 0.337 e. The van der Waals surface area contributed by atoms with Crippen molar-refractivity contribution in [3.05, 3.63) is 35.4 Å². The monoisotopic (exact) mass is 312 g/mol. The van der Waals surface area contributed by atoms with Crippen LogP contribution < -0.4 is 0 Å². The van der Waals surface area contributed by atoms with Crippen LogP contribution in [0.4, 0.5) is 0 Å². The van der Waals surface area contributed by atoms with E-state index in [1.54, 1.807) is 0 Å². The molecule has 2 atom stereocenters. The van der Waals surface area contributed by atoms with Gasteiger partial charge in [-0.25, -0.2) is 0 Å². The molecular formula is C20H28N2O. The second-order valence-corrected chi connectivity index (χ2v) is 7.56. The third-order valence-corrected chi connectivity index (χ3v) is 6.18. The molecular weight excluding hydrogens is 284 g/mol. The van der Waals surface area contributed by atoms with Crippen LogP contribution in [0.5, 0.6) is 0 Å². The van der Waals surface area contributed by atoms with Crippen LogP contribution in [0.1, 0.15) is 49.7 Å². The number of piperidine rings is 1. The first-order valence-corrected chi connectivity index (χ1v) is 9.40. The zero-order valence-corrected chi connectivity index (χ0v) is 14.0. The normalized spacial score (nSPS) is 28.1. The number of fused-ring (bicyclic) bond motifs is 2. The first-order valence-electron chi connectivity index (χ1n) is 9.40. The Balaban J connectivity index is 1.40. The Bertz CT molecular complexity index is 569. The standard InChI is InChI=1S/C20H28N2O/c23-20(22-13-11-16-6-1-2-8-18(16)14-22)15-21-12-5-9-17-7-3-4-10-19(17)21/h1-2,6,8,17,19H,3-5,7,9-15H2. The molecule has 4 rings (SSSR count). The zero-order chi connectivity index (χ0) is 15.6. The number of hydrogen-bond donors (Lipinski definition) is 0. The van der Waals surface area contributed by atoms with E-state index >= 15 is 0 Å². The van der Waals surface area contributed by atoms with Gasteiger partial charge in [0.15, 0.2) is 0 Å². The summed E-state index contributed by atoms with van der Waals surface area (Å²) in [5, 5.41) is 0. The number of amides is 1. The molecule has 0 N–H and O–H groups in total. The molecule has 2 aliphatic heterocycles. The molecule has 0 bridgehead atoms. The van der Waals surface area contributed by atoms with E-state index in [2.05, 4.69) is 34.1 Å². The van der Waals surface area contributed by atoms with E-state index in [1.807, 2.05) is 0 Å². The van der Waals surface area contributed by atoms with Gasteiger partial charge in [0.2, 0.25) is 5.91 Å². The van der Waals surface area contributed by atoms with Crippen LogP contribution in [-0.2, 0) is 17.8 Å². The lowest BCUT2D eigenvalue weighted by Gasteiger charge is -2.44. The van der Waals surface area contributed by atoms with Gasteiger partial charge < -0.3 is 4.90 Å². The summed E-state index contributed by atoms with van der Waals surface area (Å²) in [5.74, 6) is 1.19. The van der Waals surface area contributed by atoms with E-state index < -0.39 is 0 Å². The highest BCUT2D eigenvalue weighted by molar-refractivity contribution is 5.78. The molecule has 2 heterocycles. The first-order chi connectivity index (χ1) is 11.3. The Morgan fingerprint density at radius 2 is 1.78 bits per heavy atom. The Labute approximate surface area is 139 Å². The van der Waals surface area contributed by atoms with E-state index in [9.17, 15) is 4.79 Å². The van der Waals surface area contributed by atoms with Gasteiger partial charge in [0.25, 0.3) is 0 Å². The lowest BCUT2D eigenvalue weighted by atomic mass is 9.78. The van der Waals surface area contributed by atoms with Crippen LogP contribution in [0.25, 0.3) is 0 Å². The number of benzene rings is 1. The minimum absolute atomic E-state index is 0.339. The van der Waals surface area contributed by atoms with E-state index in [-0.39, 0.29) is 0 Å². The molecule has 3 nitrogen and oxygen atoms in total. The van der Waals surface area contributed by atoms with Crippen LogP contribution in [0.2, 0.25) is 0 Å². The number of carbonyl (C=O) groups excluding carboxylic acids is 1. The molecule has 0 spiro atoms. The Kier molecular flexibility index (Phi) is 4.39. The molecule has 2 unspecified atom stereocenters. The summed E-state index contributed by atoms with van der Waals surface area (Å²) < 4.78 is 0. The van der Waals surface area contributed by atoms with Gasteiger partial charge in [-0.05, 0) is 55.7 Å². The van der Waals surface area contributed by atoms with Gasteiger partial charge in [0, 0.05) is 19.1 Å². The highest BCUT2D eigenvalue weighted by Crippen LogP contribution is 2.35. The fourth-order valence-corrected chi connectivity index (χ4v) is 4.91. The van der Waals surface area contributed by atoms with Crippen molar-refractivity contribution in [3.63, 3.8) is 0 Å². The number of rotatable bonds is 2. The lowest BCUT2D eigenvalue weighted by molar-refractivity contribution is -0.135. The van der Waals surface area contributed by atoms with Crippen LogP contribution in [0.3, 0.4) is 0 Å². The number of likely N-dealkylation sites (tertiary alicyclic amines) is 1. The van der Waals surface area contributed by atoms with E-state index in [4.69, 9.17) is 0 Å². The average Bonchev–Trinajstić information content (AvgIpc) is 2.61. The van der Waals surface area contributed by atoms with E-state index in [1.165, 1.54) is 49.7 Å². The predicted molar refractivity (Wildman–Crippen MR) is 92.1 cm³/mol. The summed E-state index contributed by atoms with van der Waals surface area (Å²) in [6, 6.07) is 9.25. The van der Waals surface area contributed by atoms with Crippen molar-refractivity contribution >= 4 is 5.91 Å². The molecule has 0 aromatic heterocycles. The second-order valence-electron chi connectivity index (χ2n) is 7.56. The van der Waals surface area contributed by atoms with Gasteiger partial charge >= 0.3 is 0 Å². The fraction of sp³-hybridized carbons (Fsp3) is 0.650. The van der Waals surface area contributed by atoms with Gasteiger partial charge in [0.05, 0.1) is 6.54 Å². The molecule has 1 aromatic rings. The minimum Gasteiger partial charge on any atom is -0.337 e. The number of carbonyl (C=O) groups is 1. The fourth-order valence-electron chi connectivity index (χ4n) is 4.91. The van der Waals surface area contributed by atoms with Crippen molar-refractivity contribution in [2.45, 2.75) is 57.5 Å². The van der Waals surface area contributed by atoms with E-state index in [0.29, 0.717) is 18.5 Å². The molecule has 2 fully saturated rings. The number of nitrogens with zero attached hydrogens (tertiary/aromatic N) is 2. The first kappa shape index (κ1) is 15.2. The van der Waals surface area contributed by atoms with Gasteiger partial charge in [0.1, 0.15) is 0 Å². The summed E-state index contributed by atoms with van der Waals surface area (Å²) in [5.41, 5.74) is 2.75. The molecule has 23 heavy (non-hydrogen) atoms. The molecule has 3 aliphatic rings. The second kappa shape index (κ2) is 6.64. The molecule has 0 radical (unpaired) electrons. The zero-order valence-electron chi connectivity index (χ0n) is 14.0. The van der Waals surface area contributed by atoms with Crippen molar-refractivity contribution in [2.75, 3.05) is 19.6 Å². The van der Waals surface area contributed by atoms with Gasteiger partial charge in [-0.15, -0.1) is 0 Å². The van der Waals surface area contributed by atoms with Gasteiger partial charge in [-0.1, -0.05) is 37.1 Å². The molecule has 1 saturated heterocycles. The molecule has 3 heteroatoms. The minimum atomic E-state index is 0.339. The maximum atomic E-state index is 12.8. The Morgan fingerprint density at radius 3 is 2.70 bits per heavy atom. The van der Waals surface area contributed by atoms with Crippen LogP contribution in [0.15, 0.2) is 24.3 Å². The molecule has 1 aromatic carbocycles. The molecule has 1 amide bonds. The average molecular weight is 312 g/mol. The van der Waals surface area contributed by atoms with Crippen LogP contribution in [0, 0.1) is 5.92 Å². The van der Waals surface area contributed by atoms with Crippen molar-refractivity contribution < 1.29 is 4.79 Å². The topological polar surface area (TPSA) is 23.6 Å². The summed E-state index contributed by atoms with van der Waals surface area (Å²) in [6.07, 6.45) is 9.10. The van der Waals surface area contributed by atoms with Gasteiger partial charge in [-0.2, -0.15) is 0 Å². The highest BCUT2D eigenvalue weighted by Gasteiger charge is 2.34. The third kappa shape index (κ3) is 3.16. The van der Waals surface area contributed by atoms with Crippen molar-refractivity contribution in [1.82, 2.24) is 9.80 Å². The van der Waals surface area contributed by atoms with Crippen LogP contribution >= 0.6 is 0 Å². The van der Waals surface area contributed by atoms with Gasteiger partial charge in [-0.3, -0.25) is 9.69 Å². The van der Waals surface area contributed by atoms with Crippen LogP contribution in [-0.4, -0.2) is 41.4 Å². The summed E-state index contributed by atoms with van der Waals surface area (Å²) in [4.78, 5) is 17.4. The van der Waals surface area contributed by atoms with Crippen molar-refractivity contribution in [1.29, 1.82) is 0 Å². The maximum Gasteiger partial charge on any atom is 0.237 e. The van der Waals surface area contributed by atoms with Crippen molar-refractivity contribution in [3.8, 4) is 0 Å².